The van der Waals surface area contributed by atoms with Crippen LogP contribution in [0.2, 0.25) is 0 Å². The van der Waals surface area contributed by atoms with Crippen molar-refractivity contribution in [3.63, 3.8) is 0 Å². The van der Waals surface area contributed by atoms with Gasteiger partial charge in [-0.25, -0.2) is 0 Å². The summed E-state index contributed by atoms with van der Waals surface area (Å²) in [5.41, 5.74) is -0.512. The molecule has 3 nitrogen and oxygen atoms in total. The predicted octanol–water partition coefficient (Wildman–Crippen LogP) is 1.51. The maximum absolute atomic E-state index is 10.1. The van der Waals surface area contributed by atoms with Gasteiger partial charge in [0.05, 0.1) is 5.60 Å². The first-order chi connectivity index (χ1) is 6.58. The lowest BCUT2D eigenvalue weighted by molar-refractivity contribution is 0.00168. The van der Waals surface area contributed by atoms with Crippen molar-refractivity contribution >= 4 is 0 Å². The Hall–Kier alpha value is -0.120. The Morgan fingerprint density at radius 2 is 1.86 bits per heavy atom. The summed E-state index contributed by atoms with van der Waals surface area (Å²) in [7, 11) is 3.76. The first kappa shape index (κ1) is 13.9. The van der Waals surface area contributed by atoms with E-state index in [1.54, 1.807) is 7.11 Å². The van der Waals surface area contributed by atoms with Crippen LogP contribution in [0, 0.1) is 0 Å². The lowest BCUT2D eigenvalue weighted by atomic mass is 9.97. The molecule has 0 rings (SSSR count). The van der Waals surface area contributed by atoms with E-state index in [1.807, 2.05) is 20.9 Å². The fourth-order valence-electron chi connectivity index (χ4n) is 1.53. The molecule has 0 aromatic carbocycles. The maximum Gasteiger partial charge on any atom is 0.0768 e. The van der Waals surface area contributed by atoms with Crippen LogP contribution in [-0.4, -0.2) is 49.5 Å². The van der Waals surface area contributed by atoms with Gasteiger partial charge >= 0.3 is 0 Å². The summed E-state index contributed by atoms with van der Waals surface area (Å²) in [5, 5.41) is 10.1. The molecular weight excluding hydrogens is 178 g/mol. The second-order valence-corrected chi connectivity index (χ2v) is 4.02. The van der Waals surface area contributed by atoms with Crippen molar-refractivity contribution in [2.75, 3.05) is 33.9 Å². The highest BCUT2D eigenvalue weighted by molar-refractivity contribution is 4.78. The van der Waals surface area contributed by atoms with Crippen molar-refractivity contribution in [1.29, 1.82) is 0 Å². The average molecular weight is 203 g/mol. The molecule has 0 unspecified atom stereocenters. The van der Waals surface area contributed by atoms with Gasteiger partial charge < -0.3 is 14.7 Å². The quantitative estimate of drug-likeness (QED) is 0.607. The summed E-state index contributed by atoms with van der Waals surface area (Å²) in [5.74, 6) is 0. The zero-order valence-corrected chi connectivity index (χ0v) is 10.0. The van der Waals surface area contributed by atoms with E-state index in [9.17, 15) is 5.11 Å². The second kappa shape index (κ2) is 7.21. The zero-order chi connectivity index (χ0) is 11.0. The molecule has 0 aromatic rings. The van der Waals surface area contributed by atoms with E-state index in [0.717, 1.165) is 39.0 Å². The number of hydrogen-bond donors (Lipinski definition) is 1. The van der Waals surface area contributed by atoms with Gasteiger partial charge in [0, 0.05) is 26.8 Å². The van der Waals surface area contributed by atoms with E-state index < -0.39 is 5.60 Å². The molecule has 3 heteroatoms. The Bertz CT molecular complexity index is 135. The Balaban J connectivity index is 3.73. The van der Waals surface area contributed by atoms with Crippen LogP contribution in [0.4, 0.5) is 0 Å². The summed E-state index contributed by atoms with van der Waals surface area (Å²) in [6.45, 7) is 6.60. The van der Waals surface area contributed by atoms with Gasteiger partial charge in [0.1, 0.15) is 0 Å². The van der Waals surface area contributed by atoms with Crippen LogP contribution in [0.1, 0.15) is 33.1 Å². The number of hydrogen-bond acceptors (Lipinski definition) is 3. The van der Waals surface area contributed by atoms with Crippen molar-refractivity contribution in [3.8, 4) is 0 Å². The van der Waals surface area contributed by atoms with E-state index in [0.29, 0.717) is 0 Å². The first-order valence-electron chi connectivity index (χ1n) is 5.48. The fraction of sp³-hybridized carbons (Fsp3) is 1.00. The number of ether oxygens (including phenoxy) is 1. The van der Waals surface area contributed by atoms with Gasteiger partial charge in [-0.1, -0.05) is 13.8 Å². The Morgan fingerprint density at radius 3 is 2.29 bits per heavy atom. The molecule has 0 aromatic heterocycles. The monoisotopic (exact) mass is 203 g/mol. The van der Waals surface area contributed by atoms with Crippen molar-refractivity contribution in [3.05, 3.63) is 0 Å². The molecule has 14 heavy (non-hydrogen) atoms. The van der Waals surface area contributed by atoms with Gasteiger partial charge in [-0.05, 0) is 26.3 Å². The molecule has 0 saturated carbocycles. The minimum atomic E-state index is -0.512. The van der Waals surface area contributed by atoms with Crippen molar-refractivity contribution in [1.82, 2.24) is 4.90 Å². The first-order valence-corrected chi connectivity index (χ1v) is 5.48. The van der Waals surface area contributed by atoms with E-state index in [2.05, 4.69) is 4.90 Å². The maximum atomic E-state index is 10.1. The van der Waals surface area contributed by atoms with E-state index in [1.165, 1.54) is 0 Å². The van der Waals surface area contributed by atoms with E-state index >= 15 is 0 Å². The zero-order valence-electron chi connectivity index (χ0n) is 10.0. The average Bonchev–Trinajstić information content (AvgIpc) is 2.18. The number of aliphatic hydroxyl groups is 1. The van der Waals surface area contributed by atoms with Gasteiger partial charge in [-0.2, -0.15) is 0 Å². The van der Waals surface area contributed by atoms with Gasteiger partial charge in [-0.3, -0.25) is 0 Å². The molecule has 0 bridgehead atoms. The summed E-state index contributed by atoms with van der Waals surface area (Å²) in [6.07, 6.45) is 2.66. The molecule has 86 valence electrons. The van der Waals surface area contributed by atoms with Crippen LogP contribution in [-0.2, 0) is 4.74 Å². The van der Waals surface area contributed by atoms with Crippen molar-refractivity contribution < 1.29 is 9.84 Å². The van der Waals surface area contributed by atoms with E-state index in [4.69, 9.17) is 4.74 Å². The summed E-state index contributed by atoms with van der Waals surface area (Å²) in [6, 6.07) is 0. The molecule has 0 amide bonds. The topological polar surface area (TPSA) is 32.7 Å². The highest BCUT2D eigenvalue weighted by atomic mass is 16.5. The summed E-state index contributed by atoms with van der Waals surface area (Å²) >= 11 is 0. The second-order valence-electron chi connectivity index (χ2n) is 4.02. The SMILES string of the molecule is CCC(O)(CC)CN(C)CCCOC. The standard InChI is InChI=1S/C11H25NO2/c1-5-11(13,6-2)10-12(3)8-7-9-14-4/h13H,5-10H2,1-4H3. The summed E-state index contributed by atoms with van der Waals surface area (Å²) < 4.78 is 4.99. The number of rotatable bonds is 8. The molecule has 0 fully saturated rings. The Kier molecular flexibility index (Phi) is 7.15. The third-order valence-electron chi connectivity index (χ3n) is 2.77. The van der Waals surface area contributed by atoms with Crippen LogP contribution in [0.5, 0.6) is 0 Å². The molecule has 0 spiro atoms. The number of likely N-dealkylation sites (N-methyl/N-ethyl adjacent to an activating group) is 1. The summed E-state index contributed by atoms with van der Waals surface area (Å²) in [4.78, 5) is 2.17. The third-order valence-corrected chi connectivity index (χ3v) is 2.77. The lowest BCUT2D eigenvalue weighted by Gasteiger charge is -2.30. The van der Waals surface area contributed by atoms with Gasteiger partial charge in [0.2, 0.25) is 0 Å². The highest BCUT2D eigenvalue weighted by Gasteiger charge is 2.23. The minimum absolute atomic E-state index is 0.512. The van der Waals surface area contributed by atoms with Gasteiger partial charge in [0.25, 0.3) is 0 Å². The molecule has 0 atom stereocenters. The third kappa shape index (κ3) is 5.58. The van der Waals surface area contributed by atoms with Gasteiger partial charge in [0.15, 0.2) is 0 Å². The number of nitrogens with zero attached hydrogens (tertiary/aromatic N) is 1. The lowest BCUT2D eigenvalue weighted by Crippen LogP contribution is -2.41. The Morgan fingerprint density at radius 1 is 1.29 bits per heavy atom. The molecule has 0 saturated heterocycles. The van der Waals surface area contributed by atoms with Crippen LogP contribution >= 0.6 is 0 Å². The van der Waals surface area contributed by atoms with E-state index in [-0.39, 0.29) is 0 Å². The minimum Gasteiger partial charge on any atom is -0.389 e. The van der Waals surface area contributed by atoms with Crippen molar-refractivity contribution in [2.24, 2.45) is 0 Å². The molecule has 0 aliphatic rings. The Labute approximate surface area is 88.1 Å². The molecule has 1 N–H and O–H groups in total. The molecular formula is C11H25NO2. The highest BCUT2D eigenvalue weighted by Crippen LogP contribution is 2.15. The smallest absolute Gasteiger partial charge is 0.0768 e. The molecule has 0 radical (unpaired) electrons. The number of methoxy groups -OCH3 is 1. The van der Waals surface area contributed by atoms with Crippen LogP contribution in [0.15, 0.2) is 0 Å². The van der Waals surface area contributed by atoms with Crippen LogP contribution in [0.25, 0.3) is 0 Å². The molecule has 0 heterocycles. The predicted molar refractivity (Wildman–Crippen MR) is 59.5 cm³/mol. The van der Waals surface area contributed by atoms with Gasteiger partial charge in [-0.15, -0.1) is 0 Å². The van der Waals surface area contributed by atoms with Crippen LogP contribution < -0.4 is 0 Å². The molecule has 0 aliphatic carbocycles. The normalized spacial score (nSPS) is 12.4. The van der Waals surface area contributed by atoms with Crippen LogP contribution in [0.3, 0.4) is 0 Å². The van der Waals surface area contributed by atoms with Crippen molar-refractivity contribution in [2.45, 2.75) is 38.7 Å². The largest absolute Gasteiger partial charge is 0.389 e. The fourth-order valence-corrected chi connectivity index (χ4v) is 1.53. The molecule has 0 aliphatic heterocycles.